The first-order valence-corrected chi connectivity index (χ1v) is 18.2. The quantitative estimate of drug-likeness (QED) is 0.0317. The Morgan fingerprint density at radius 2 is 1.13 bits per heavy atom. The van der Waals surface area contributed by atoms with Crippen molar-refractivity contribution in [3.05, 3.63) is 147 Å². The van der Waals surface area contributed by atoms with Gasteiger partial charge in [-0.2, -0.15) is 0 Å². The minimum absolute atomic E-state index is 0.0183. The second-order valence-electron chi connectivity index (χ2n) is 13.3. The van der Waals surface area contributed by atoms with Crippen LogP contribution in [-0.4, -0.2) is 63.8 Å². The number of rotatable bonds is 16. The number of primary amides is 1. The molecule has 1 atom stereocenters. The second kappa shape index (κ2) is 19.6. The van der Waals surface area contributed by atoms with E-state index in [9.17, 15) is 38.7 Å². The molecule has 0 saturated heterocycles. The van der Waals surface area contributed by atoms with Crippen LogP contribution in [0.3, 0.4) is 0 Å². The number of carbonyl (C=O) groups excluding carboxylic acids is 6. The molecular weight excluding hydrogens is 791 g/mol. The van der Waals surface area contributed by atoms with Gasteiger partial charge in [-0.25, -0.2) is 4.79 Å². The number of amides is 6. The van der Waals surface area contributed by atoms with Crippen molar-refractivity contribution in [1.82, 2.24) is 5.32 Å². The number of carboxylic acid groups (broad SMARTS) is 1. The van der Waals surface area contributed by atoms with Crippen molar-refractivity contribution >= 4 is 69.8 Å². The lowest BCUT2D eigenvalue weighted by Gasteiger charge is -2.19. The number of nitrogens with zero attached hydrogens (tertiary/aromatic N) is 3. The number of nitrogens with one attached hydrogen (secondary N) is 5. The zero-order valence-electron chi connectivity index (χ0n) is 32.3. The molecular formula is C42H37N9O10. The number of hydrogen-bond donors (Lipinski definition) is 8. The Morgan fingerprint density at radius 3 is 1.64 bits per heavy atom. The summed E-state index contributed by atoms with van der Waals surface area (Å²) in [6.45, 7) is 3.35. The summed E-state index contributed by atoms with van der Waals surface area (Å²) in [4.78, 5) is 91.0. The topological polar surface area (TPSA) is 304 Å². The third-order valence-corrected chi connectivity index (χ3v) is 8.50. The first kappa shape index (κ1) is 43.4. The molecule has 0 heterocycles. The van der Waals surface area contributed by atoms with Gasteiger partial charge in [0.2, 0.25) is 11.8 Å². The highest BCUT2D eigenvalue weighted by molar-refractivity contribution is 6.10. The number of carboxylic acids is 1. The van der Waals surface area contributed by atoms with E-state index in [4.69, 9.17) is 21.1 Å². The number of nitrogens with two attached hydrogens (primary N) is 1. The Bertz CT molecular complexity index is 2540. The molecule has 9 N–H and O–H groups in total. The first-order valence-electron chi connectivity index (χ1n) is 18.2. The first-order chi connectivity index (χ1) is 29.1. The van der Waals surface area contributed by atoms with Gasteiger partial charge >= 0.3 is 5.97 Å². The second-order valence-corrected chi connectivity index (χ2v) is 13.3. The molecule has 0 fully saturated rings. The SMILES string of the molecule is CC(C)Oc1c(NC(=O)c2ccc(NC(=O)[C@H](CC(N)=O)NC(=O)c3ccc(NC(=O)c4ccc(N=[N+]=[N-])cc4)cc3)cc2)ccc(C(=O)Nc2ccc(C(=O)O)cc2)c1O. The van der Waals surface area contributed by atoms with Crippen LogP contribution >= 0.6 is 0 Å². The number of benzene rings is 5. The summed E-state index contributed by atoms with van der Waals surface area (Å²) in [5.41, 5.74) is 15.5. The Hall–Kier alpha value is -8.70. The molecule has 0 spiro atoms. The largest absolute Gasteiger partial charge is 0.504 e. The van der Waals surface area contributed by atoms with Crippen molar-refractivity contribution in [3.63, 3.8) is 0 Å². The average Bonchev–Trinajstić information content (AvgIpc) is 3.22. The van der Waals surface area contributed by atoms with E-state index in [1.807, 2.05) is 0 Å². The van der Waals surface area contributed by atoms with Gasteiger partial charge in [0.1, 0.15) is 6.04 Å². The molecule has 0 aliphatic heterocycles. The van der Waals surface area contributed by atoms with Crippen molar-refractivity contribution in [3.8, 4) is 11.5 Å². The fraction of sp³-hybridized carbons (Fsp3) is 0.119. The van der Waals surface area contributed by atoms with Gasteiger partial charge in [-0.3, -0.25) is 28.8 Å². The number of anilines is 4. The number of aromatic hydroxyl groups is 1. The Balaban J connectivity index is 1.21. The number of carbonyl (C=O) groups is 7. The van der Waals surface area contributed by atoms with Crippen LogP contribution < -0.4 is 37.1 Å². The van der Waals surface area contributed by atoms with E-state index in [1.54, 1.807) is 13.8 Å². The van der Waals surface area contributed by atoms with E-state index in [0.29, 0.717) is 16.9 Å². The summed E-state index contributed by atoms with van der Waals surface area (Å²) in [5.74, 6) is -6.08. The van der Waals surface area contributed by atoms with E-state index in [1.165, 1.54) is 109 Å². The highest BCUT2D eigenvalue weighted by atomic mass is 16.5. The highest BCUT2D eigenvalue weighted by Gasteiger charge is 2.25. The van der Waals surface area contributed by atoms with Crippen molar-refractivity contribution in [2.45, 2.75) is 32.4 Å². The number of hydrogen-bond acceptors (Lipinski definition) is 10. The van der Waals surface area contributed by atoms with Crippen LogP contribution in [0, 0.1) is 0 Å². The zero-order valence-corrected chi connectivity index (χ0v) is 32.3. The van der Waals surface area contributed by atoms with Crippen LogP contribution in [-0.2, 0) is 9.59 Å². The van der Waals surface area contributed by atoms with E-state index in [2.05, 4.69) is 36.6 Å². The van der Waals surface area contributed by atoms with Gasteiger partial charge in [-0.15, -0.1) is 0 Å². The molecule has 0 radical (unpaired) electrons. The van der Waals surface area contributed by atoms with Gasteiger partial charge in [0, 0.05) is 44.4 Å². The summed E-state index contributed by atoms with van der Waals surface area (Å²) in [5, 5.41) is 36.6. The Labute approximate surface area is 346 Å². The van der Waals surface area contributed by atoms with Gasteiger partial charge in [-0.1, -0.05) is 17.2 Å². The van der Waals surface area contributed by atoms with Gasteiger partial charge < -0.3 is 47.3 Å². The fourth-order valence-electron chi connectivity index (χ4n) is 5.52. The summed E-state index contributed by atoms with van der Waals surface area (Å²) in [6.07, 6.45) is -1.03. The summed E-state index contributed by atoms with van der Waals surface area (Å²) >= 11 is 0. The monoisotopic (exact) mass is 827 g/mol. The average molecular weight is 828 g/mol. The predicted molar refractivity (Wildman–Crippen MR) is 223 cm³/mol. The standard InChI is InChI=1S/C42H37N9O10/c1-22(2)61-36-32(20-19-31(35(36)53)40(57)46-28-15-9-26(10-16-28)42(59)60)48-38(55)24-5-13-29(14-6-24)47-41(58)33(21-34(43)52)49-39(56)25-3-11-27(12-4-25)45-37(54)23-7-17-30(18-8-23)50-51-44/h3-20,22,33,53H,21H2,1-2H3,(H2,43,52)(H,45,54)(H,46,57)(H,47,58)(H,48,55)(H,49,56)(H,59,60)/t33-/m0/s1. The van der Waals surface area contributed by atoms with Crippen LogP contribution in [0.15, 0.2) is 114 Å². The third-order valence-electron chi connectivity index (χ3n) is 8.50. The number of phenols is 1. The highest BCUT2D eigenvalue weighted by Crippen LogP contribution is 2.39. The van der Waals surface area contributed by atoms with Crippen LogP contribution in [0.2, 0.25) is 0 Å². The van der Waals surface area contributed by atoms with E-state index < -0.39 is 65.7 Å². The molecule has 0 bridgehead atoms. The van der Waals surface area contributed by atoms with Gasteiger partial charge in [0.05, 0.1) is 29.3 Å². The molecule has 5 aromatic rings. The molecule has 6 amide bonds. The van der Waals surface area contributed by atoms with E-state index in [0.717, 1.165) is 0 Å². The van der Waals surface area contributed by atoms with Crippen LogP contribution in [0.25, 0.3) is 10.4 Å². The molecule has 0 aliphatic rings. The minimum atomic E-state index is -1.39. The van der Waals surface area contributed by atoms with E-state index >= 15 is 0 Å². The lowest BCUT2D eigenvalue weighted by Crippen LogP contribution is -2.46. The number of ether oxygens (including phenoxy) is 1. The van der Waals surface area contributed by atoms with Gasteiger partial charge in [0.15, 0.2) is 11.5 Å². The minimum Gasteiger partial charge on any atom is -0.504 e. The normalized spacial score (nSPS) is 10.9. The van der Waals surface area contributed by atoms with Crippen molar-refractivity contribution in [1.29, 1.82) is 0 Å². The molecule has 19 heteroatoms. The molecule has 310 valence electrons. The number of aromatic carboxylic acids is 1. The van der Waals surface area contributed by atoms with Crippen molar-refractivity contribution in [2.75, 3.05) is 21.3 Å². The maximum Gasteiger partial charge on any atom is 0.335 e. The summed E-state index contributed by atoms with van der Waals surface area (Å²) in [6, 6.07) is 23.8. The summed E-state index contributed by atoms with van der Waals surface area (Å²) in [7, 11) is 0. The number of azide groups is 1. The molecule has 0 aromatic heterocycles. The van der Waals surface area contributed by atoms with Crippen molar-refractivity contribution < 1.29 is 48.5 Å². The predicted octanol–water partition coefficient (Wildman–Crippen LogP) is 6.19. The zero-order chi connectivity index (χ0) is 44.2. The molecule has 0 unspecified atom stereocenters. The molecule has 19 nitrogen and oxygen atoms in total. The van der Waals surface area contributed by atoms with Crippen LogP contribution in [0.5, 0.6) is 11.5 Å². The molecule has 5 rings (SSSR count). The maximum absolute atomic E-state index is 13.3. The van der Waals surface area contributed by atoms with Gasteiger partial charge in [0.25, 0.3) is 23.6 Å². The van der Waals surface area contributed by atoms with Crippen LogP contribution in [0.1, 0.15) is 72.1 Å². The molecule has 0 aliphatic carbocycles. The lowest BCUT2D eigenvalue weighted by atomic mass is 10.1. The fourth-order valence-corrected chi connectivity index (χ4v) is 5.52. The molecule has 61 heavy (non-hydrogen) atoms. The smallest absolute Gasteiger partial charge is 0.335 e. The van der Waals surface area contributed by atoms with Gasteiger partial charge in [-0.05, 0) is 116 Å². The maximum atomic E-state index is 13.3. The molecule has 5 aromatic carbocycles. The van der Waals surface area contributed by atoms with Crippen LogP contribution in [0.4, 0.5) is 28.4 Å². The Kier molecular flexibility index (Phi) is 14.0. The number of phenolic OH excluding ortho intramolecular Hbond substituents is 1. The van der Waals surface area contributed by atoms with E-state index in [-0.39, 0.29) is 45.1 Å². The molecule has 0 saturated carbocycles. The Morgan fingerprint density at radius 1 is 0.656 bits per heavy atom. The van der Waals surface area contributed by atoms with Crippen molar-refractivity contribution in [2.24, 2.45) is 10.8 Å². The third kappa shape index (κ3) is 11.7. The lowest BCUT2D eigenvalue weighted by molar-refractivity contribution is -0.123. The summed E-state index contributed by atoms with van der Waals surface area (Å²) < 4.78 is 5.76.